The quantitative estimate of drug-likeness (QED) is 0.540. The normalized spacial score (nSPS) is 11.9. The van der Waals surface area contributed by atoms with Crippen molar-refractivity contribution in [2.75, 3.05) is 7.11 Å². The number of fused-ring (bicyclic) bond motifs is 1. The molecule has 0 bridgehead atoms. The van der Waals surface area contributed by atoms with Crippen molar-refractivity contribution in [1.29, 1.82) is 0 Å². The first-order valence-corrected chi connectivity index (χ1v) is 7.72. The lowest BCUT2D eigenvalue weighted by Gasteiger charge is -2.15. The Bertz CT molecular complexity index is 1000. The number of Topliss-reactive ketones (excluding diaryl/α,β-unsaturated/α-hetero) is 1. The van der Waals surface area contributed by atoms with Gasteiger partial charge in [-0.3, -0.25) is 14.4 Å². The fraction of sp³-hybridized carbons (Fsp3) is 0.150. The first-order chi connectivity index (χ1) is 12.0. The Hall–Kier alpha value is -3.21. The SMILES string of the molecule is COC(=O)C(c1ccccc1)c1coc2ccc(C(C)=O)cc2c1=O. The molecule has 2 aromatic carbocycles. The van der Waals surface area contributed by atoms with Gasteiger partial charge >= 0.3 is 5.97 Å². The van der Waals surface area contributed by atoms with E-state index in [-0.39, 0.29) is 22.2 Å². The predicted molar refractivity (Wildman–Crippen MR) is 92.8 cm³/mol. The third-order valence-corrected chi connectivity index (χ3v) is 4.09. The van der Waals surface area contributed by atoms with E-state index in [1.165, 1.54) is 26.4 Å². The van der Waals surface area contributed by atoms with Gasteiger partial charge < -0.3 is 9.15 Å². The van der Waals surface area contributed by atoms with Gasteiger partial charge in [-0.2, -0.15) is 0 Å². The summed E-state index contributed by atoms with van der Waals surface area (Å²) in [4.78, 5) is 36.9. The van der Waals surface area contributed by atoms with Crippen molar-refractivity contribution in [2.24, 2.45) is 0 Å². The highest BCUT2D eigenvalue weighted by atomic mass is 16.5. The van der Waals surface area contributed by atoms with E-state index in [2.05, 4.69) is 0 Å². The minimum Gasteiger partial charge on any atom is -0.468 e. The van der Waals surface area contributed by atoms with Crippen molar-refractivity contribution in [1.82, 2.24) is 0 Å². The van der Waals surface area contributed by atoms with Crippen molar-refractivity contribution in [3.63, 3.8) is 0 Å². The molecule has 0 aliphatic rings. The molecule has 1 aromatic heterocycles. The Labute approximate surface area is 143 Å². The van der Waals surface area contributed by atoms with Gasteiger partial charge in [0.05, 0.1) is 24.3 Å². The Morgan fingerprint density at radius 1 is 1.08 bits per heavy atom. The minimum atomic E-state index is -0.896. The van der Waals surface area contributed by atoms with Gasteiger partial charge in [0, 0.05) is 5.56 Å². The second kappa shape index (κ2) is 6.73. The maximum Gasteiger partial charge on any atom is 0.317 e. The first-order valence-electron chi connectivity index (χ1n) is 7.72. The fourth-order valence-electron chi connectivity index (χ4n) is 2.77. The smallest absolute Gasteiger partial charge is 0.317 e. The number of methoxy groups -OCH3 is 1. The molecule has 0 fully saturated rings. The number of ketones is 1. The van der Waals surface area contributed by atoms with Crippen LogP contribution in [0.1, 0.15) is 34.3 Å². The molecular weight excluding hydrogens is 320 g/mol. The molecule has 0 N–H and O–H groups in total. The molecule has 126 valence electrons. The summed E-state index contributed by atoms with van der Waals surface area (Å²) in [7, 11) is 1.27. The highest BCUT2D eigenvalue weighted by Crippen LogP contribution is 2.26. The van der Waals surface area contributed by atoms with Crippen LogP contribution in [-0.4, -0.2) is 18.9 Å². The topological polar surface area (TPSA) is 73.6 Å². The number of hydrogen-bond acceptors (Lipinski definition) is 5. The molecule has 0 aliphatic carbocycles. The van der Waals surface area contributed by atoms with Crippen LogP contribution in [-0.2, 0) is 9.53 Å². The van der Waals surface area contributed by atoms with E-state index in [9.17, 15) is 14.4 Å². The van der Waals surface area contributed by atoms with Gasteiger partial charge in [0.1, 0.15) is 11.5 Å². The summed E-state index contributed by atoms with van der Waals surface area (Å²) < 4.78 is 10.4. The average molecular weight is 336 g/mol. The van der Waals surface area contributed by atoms with Crippen molar-refractivity contribution in [3.8, 4) is 0 Å². The van der Waals surface area contributed by atoms with Gasteiger partial charge in [0.2, 0.25) is 0 Å². The van der Waals surface area contributed by atoms with Crippen LogP contribution >= 0.6 is 0 Å². The van der Waals surface area contributed by atoms with Gasteiger partial charge in [-0.05, 0) is 30.7 Å². The molecule has 1 atom stereocenters. The summed E-state index contributed by atoms with van der Waals surface area (Å²) in [6.07, 6.45) is 1.28. The molecule has 0 aliphatic heterocycles. The number of esters is 1. The molecule has 3 rings (SSSR count). The number of carbonyl (C=O) groups is 2. The Balaban J connectivity index is 2.25. The monoisotopic (exact) mass is 336 g/mol. The largest absolute Gasteiger partial charge is 0.468 e. The maximum absolute atomic E-state index is 13.0. The molecule has 0 radical (unpaired) electrons. The molecule has 0 amide bonds. The van der Waals surface area contributed by atoms with Gasteiger partial charge in [0.15, 0.2) is 11.2 Å². The highest BCUT2D eigenvalue weighted by Gasteiger charge is 2.27. The molecule has 0 saturated carbocycles. The van der Waals surface area contributed by atoms with Gasteiger partial charge in [-0.25, -0.2) is 0 Å². The van der Waals surface area contributed by atoms with E-state index in [0.29, 0.717) is 16.7 Å². The molecule has 3 aromatic rings. The lowest BCUT2D eigenvalue weighted by molar-refractivity contribution is -0.141. The summed E-state index contributed by atoms with van der Waals surface area (Å²) >= 11 is 0. The van der Waals surface area contributed by atoms with Crippen LogP contribution < -0.4 is 5.43 Å². The Morgan fingerprint density at radius 2 is 1.80 bits per heavy atom. The van der Waals surface area contributed by atoms with E-state index in [0.717, 1.165) is 0 Å². The third-order valence-electron chi connectivity index (χ3n) is 4.09. The lowest BCUT2D eigenvalue weighted by Crippen LogP contribution is -2.22. The maximum atomic E-state index is 13.0. The number of ether oxygens (including phenoxy) is 1. The van der Waals surface area contributed by atoms with Crippen LogP contribution in [0.25, 0.3) is 11.0 Å². The van der Waals surface area contributed by atoms with Crippen molar-refractivity contribution in [3.05, 3.63) is 81.7 Å². The van der Waals surface area contributed by atoms with Crippen molar-refractivity contribution >= 4 is 22.7 Å². The van der Waals surface area contributed by atoms with Crippen LogP contribution in [0.3, 0.4) is 0 Å². The zero-order valence-electron chi connectivity index (χ0n) is 13.8. The molecule has 0 spiro atoms. The van der Waals surface area contributed by atoms with Crippen LogP contribution in [0.4, 0.5) is 0 Å². The number of hydrogen-bond donors (Lipinski definition) is 0. The summed E-state index contributed by atoms with van der Waals surface area (Å²) in [5.74, 6) is -1.60. The third kappa shape index (κ3) is 3.08. The molecule has 25 heavy (non-hydrogen) atoms. The molecular formula is C20H16O5. The molecule has 5 heteroatoms. The highest BCUT2D eigenvalue weighted by molar-refractivity contribution is 5.97. The molecule has 1 unspecified atom stereocenters. The number of carbonyl (C=O) groups excluding carboxylic acids is 2. The summed E-state index contributed by atoms with van der Waals surface area (Å²) in [5, 5.41) is 0.259. The summed E-state index contributed by atoms with van der Waals surface area (Å²) in [6.45, 7) is 1.42. The second-order valence-electron chi connectivity index (χ2n) is 5.65. The van der Waals surface area contributed by atoms with Crippen LogP contribution in [0, 0.1) is 0 Å². The van der Waals surface area contributed by atoms with Crippen LogP contribution in [0.15, 0.2) is 64.0 Å². The van der Waals surface area contributed by atoms with Gasteiger partial charge in [-0.1, -0.05) is 30.3 Å². The zero-order chi connectivity index (χ0) is 18.0. The number of benzene rings is 2. The molecule has 0 saturated heterocycles. The minimum absolute atomic E-state index is 0.153. The Morgan fingerprint density at radius 3 is 2.44 bits per heavy atom. The summed E-state index contributed by atoms with van der Waals surface area (Å²) in [6, 6.07) is 13.5. The lowest BCUT2D eigenvalue weighted by atomic mass is 9.91. The summed E-state index contributed by atoms with van der Waals surface area (Å²) in [5.41, 5.74) is 1.21. The predicted octanol–water partition coefficient (Wildman–Crippen LogP) is 3.30. The van der Waals surface area contributed by atoms with Crippen LogP contribution in [0.5, 0.6) is 0 Å². The zero-order valence-corrected chi connectivity index (χ0v) is 13.8. The van der Waals surface area contributed by atoms with E-state index < -0.39 is 11.9 Å². The van der Waals surface area contributed by atoms with E-state index >= 15 is 0 Å². The Kier molecular flexibility index (Phi) is 4.48. The molecule has 1 heterocycles. The fourth-order valence-corrected chi connectivity index (χ4v) is 2.77. The van der Waals surface area contributed by atoms with E-state index in [1.54, 1.807) is 36.4 Å². The second-order valence-corrected chi connectivity index (χ2v) is 5.65. The average Bonchev–Trinajstić information content (AvgIpc) is 2.64. The number of rotatable bonds is 4. The van der Waals surface area contributed by atoms with Gasteiger partial charge in [0.25, 0.3) is 0 Å². The molecule has 5 nitrogen and oxygen atoms in total. The van der Waals surface area contributed by atoms with Gasteiger partial charge in [-0.15, -0.1) is 0 Å². The van der Waals surface area contributed by atoms with Crippen molar-refractivity contribution < 1.29 is 18.7 Å². The van der Waals surface area contributed by atoms with Crippen molar-refractivity contribution in [2.45, 2.75) is 12.8 Å². The first kappa shape index (κ1) is 16.6. The van der Waals surface area contributed by atoms with E-state index in [4.69, 9.17) is 9.15 Å². The van der Waals surface area contributed by atoms with Crippen LogP contribution in [0.2, 0.25) is 0 Å². The standard InChI is InChI=1S/C20H16O5/c1-12(21)14-8-9-17-15(10-14)19(22)16(11-25-17)18(20(23)24-2)13-6-4-3-5-7-13/h3-11,18H,1-2H3. The van der Waals surface area contributed by atoms with E-state index in [1.807, 2.05) is 6.07 Å².